The van der Waals surface area contributed by atoms with Gasteiger partial charge in [0.25, 0.3) is 0 Å². The Bertz CT molecular complexity index is 749. The van der Waals surface area contributed by atoms with Crippen LogP contribution in [0, 0.1) is 0 Å². The van der Waals surface area contributed by atoms with E-state index >= 15 is 0 Å². The normalized spacial score (nSPS) is 13.2. The molecule has 24 heavy (non-hydrogen) atoms. The third-order valence-corrected chi connectivity index (χ3v) is 5.58. The van der Waals surface area contributed by atoms with E-state index in [1.54, 1.807) is 0 Å². The van der Waals surface area contributed by atoms with E-state index in [9.17, 15) is 8.42 Å². The van der Waals surface area contributed by atoms with Gasteiger partial charge in [0.1, 0.15) is 0 Å². The van der Waals surface area contributed by atoms with E-state index in [1.165, 1.54) is 0 Å². The molecule has 0 saturated heterocycles. The average Bonchev–Trinajstić information content (AvgIpc) is 2.55. The van der Waals surface area contributed by atoms with Crippen LogP contribution in [0.2, 0.25) is 5.02 Å². The number of likely N-dealkylation sites (N-methyl/N-ethyl adjacent to an activating group) is 1. The van der Waals surface area contributed by atoms with E-state index in [2.05, 4.69) is 4.72 Å². The zero-order valence-corrected chi connectivity index (χ0v) is 15.5. The molecule has 2 aromatic rings. The Kier molecular flexibility index (Phi) is 6.80. The van der Waals surface area contributed by atoms with Crippen LogP contribution in [-0.4, -0.2) is 39.7 Å². The molecule has 0 fully saturated rings. The monoisotopic (exact) mass is 366 g/mol. The van der Waals surface area contributed by atoms with Crippen molar-refractivity contribution in [3.8, 4) is 0 Å². The molecule has 6 heteroatoms. The van der Waals surface area contributed by atoms with E-state index in [0.717, 1.165) is 11.1 Å². The summed E-state index contributed by atoms with van der Waals surface area (Å²) in [5.41, 5.74) is 1.92. The molecule has 1 unspecified atom stereocenters. The lowest BCUT2D eigenvalue weighted by molar-refractivity contribution is 0.299. The van der Waals surface area contributed by atoms with E-state index in [4.69, 9.17) is 11.6 Å². The SMILES string of the molecule is CN(C)C(CNS(=O)(=O)CCc1ccccc1)c1ccccc1Cl. The molecule has 0 amide bonds. The number of hydrogen-bond acceptors (Lipinski definition) is 3. The van der Waals surface area contributed by atoms with E-state index in [0.29, 0.717) is 11.4 Å². The number of benzene rings is 2. The van der Waals surface area contributed by atoms with Crippen LogP contribution in [0.25, 0.3) is 0 Å². The second-order valence-electron chi connectivity index (χ2n) is 5.90. The highest BCUT2D eigenvalue weighted by Crippen LogP contribution is 2.25. The smallest absolute Gasteiger partial charge is 0.211 e. The van der Waals surface area contributed by atoms with Crippen molar-refractivity contribution >= 4 is 21.6 Å². The van der Waals surface area contributed by atoms with E-state index in [1.807, 2.05) is 73.6 Å². The second kappa shape index (κ2) is 8.62. The standard InChI is InChI=1S/C18H23ClN2O2S/c1-21(2)18(16-10-6-7-11-17(16)19)14-20-24(22,23)13-12-15-8-4-3-5-9-15/h3-11,18,20H,12-14H2,1-2H3. The van der Waals surface area contributed by atoms with Gasteiger partial charge in [-0.2, -0.15) is 0 Å². The molecule has 0 spiro atoms. The van der Waals surface area contributed by atoms with Gasteiger partial charge in [0.2, 0.25) is 10.0 Å². The number of sulfonamides is 1. The Morgan fingerprint density at radius 3 is 2.29 bits per heavy atom. The number of rotatable bonds is 8. The van der Waals surface area contributed by atoms with Crippen LogP contribution in [0.15, 0.2) is 54.6 Å². The molecule has 2 rings (SSSR count). The summed E-state index contributed by atoms with van der Waals surface area (Å²) in [6, 6.07) is 17.0. The van der Waals surface area contributed by atoms with Crippen molar-refractivity contribution in [1.29, 1.82) is 0 Å². The van der Waals surface area contributed by atoms with Crippen LogP contribution >= 0.6 is 11.6 Å². The minimum absolute atomic E-state index is 0.0691. The third-order valence-electron chi connectivity index (χ3n) is 3.89. The Morgan fingerprint density at radius 2 is 1.67 bits per heavy atom. The molecule has 4 nitrogen and oxygen atoms in total. The Balaban J connectivity index is 1.99. The average molecular weight is 367 g/mol. The Morgan fingerprint density at radius 1 is 1.04 bits per heavy atom. The van der Waals surface area contributed by atoms with Crippen molar-refractivity contribution < 1.29 is 8.42 Å². The summed E-state index contributed by atoms with van der Waals surface area (Å²) >= 11 is 6.25. The molecule has 1 atom stereocenters. The maximum Gasteiger partial charge on any atom is 0.211 e. The Labute approximate surface area is 149 Å². The van der Waals surface area contributed by atoms with Gasteiger partial charge in [-0.3, -0.25) is 0 Å². The molecule has 0 radical (unpaired) electrons. The minimum Gasteiger partial charge on any atom is -0.301 e. The molecule has 0 saturated carbocycles. The highest BCUT2D eigenvalue weighted by molar-refractivity contribution is 7.89. The van der Waals surface area contributed by atoms with Crippen molar-refractivity contribution in [1.82, 2.24) is 9.62 Å². The summed E-state index contributed by atoms with van der Waals surface area (Å²) in [5, 5.41) is 0.639. The van der Waals surface area contributed by atoms with Crippen LogP contribution in [0.3, 0.4) is 0 Å². The van der Waals surface area contributed by atoms with Crippen molar-refractivity contribution in [2.45, 2.75) is 12.5 Å². The van der Waals surface area contributed by atoms with Gasteiger partial charge in [0.05, 0.1) is 5.75 Å². The number of hydrogen-bond donors (Lipinski definition) is 1. The number of nitrogens with one attached hydrogen (secondary N) is 1. The lowest BCUT2D eigenvalue weighted by Crippen LogP contribution is -2.36. The first kappa shape index (κ1) is 18.9. The zero-order valence-electron chi connectivity index (χ0n) is 13.9. The predicted octanol–water partition coefficient (Wildman–Crippen LogP) is 3.10. The highest BCUT2D eigenvalue weighted by Gasteiger charge is 2.20. The van der Waals surface area contributed by atoms with Gasteiger partial charge in [-0.1, -0.05) is 60.1 Å². The van der Waals surface area contributed by atoms with Gasteiger partial charge in [0.15, 0.2) is 0 Å². The van der Waals surface area contributed by atoms with Crippen molar-refractivity contribution in [3.63, 3.8) is 0 Å². The van der Waals surface area contributed by atoms with Gasteiger partial charge in [0, 0.05) is 17.6 Å². The first-order valence-electron chi connectivity index (χ1n) is 7.81. The molecular formula is C18H23ClN2O2S. The molecule has 0 heterocycles. The fraction of sp³-hybridized carbons (Fsp3) is 0.333. The third kappa shape index (κ3) is 5.60. The van der Waals surface area contributed by atoms with E-state index in [-0.39, 0.29) is 18.3 Å². The maximum absolute atomic E-state index is 12.3. The highest BCUT2D eigenvalue weighted by atomic mass is 35.5. The van der Waals surface area contributed by atoms with Crippen LogP contribution in [0.5, 0.6) is 0 Å². The van der Waals surface area contributed by atoms with E-state index < -0.39 is 10.0 Å². The van der Waals surface area contributed by atoms with Gasteiger partial charge in [-0.25, -0.2) is 13.1 Å². The lowest BCUT2D eigenvalue weighted by Gasteiger charge is -2.26. The fourth-order valence-electron chi connectivity index (χ4n) is 2.49. The van der Waals surface area contributed by atoms with Crippen molar-refractivity contribution in [2.24, 2.45) is 0 Å². The summed E-state index contributed by atoms with van der Waals surface area (Å²) in [7, 11) is 0.469. The van der Waals surface area contributed by atoms with Crippen LogP contribution in [0.4, 0.5) is 0 Å². The molecule has 0 aliphatic carbocycles. The first-order chi connectivity index (χ1) is 11.4. The summed E-state index contributed by atoms with van der Waals surface area (Å²) < 4.78 is 27.3. The van der Waals surface area contributed by atoms with Gasteiger partial charge < -0.3 is 4.90 Å². The van der Waals surface area contributed by atoms with Crippen molar-refractivity contribution in [3.05, 3.63) is 70.7 Å². The largest absolute Gasteiger partial charge is 0.301 e. The Hall–Kier alpha value is -1.40. The van der Waals surface area contributed by atoms with Crippen LogP contribution in [-0.2, 0) is 16.4 Å². The summed E-state index contributed by atoms with van der Waals surface area (Å²) in [5.74, 6) is 0.0691. The first-order valence-corrected chi connectivity index (χ1v) is 9.84. The van der Waals surface area contributed by atoms with Gasteiger partial charge in [-0.05, 0) is 37.7 Å². The molecule has 130 valence electrons. The quantitative estimate of drug-likeness (QED) is 0.781. The minimum atomic E-state index is -3.35. The zero-order chi connectivity index (χ0) is 17.6. The van der Waals surface area contributed by atoms with Gasteiger partial charge in [-0.15, -0.1) is 0 Å². The predicted molar refractivity (Wildman–Crippen MR) is 99.8 cm³/mol. The molecule has 0 aliphatic rings. The second-order valence-corrected chi connectivity index (χ2v) is 8.24. The number of halogens is 1. The lowest BCUT2D eigenvalue weighted by atomic mass is 10.1. The summed E-state index contributed by atoms with van der Waals surface area (Å²) in [4.78, 5) is 1.96. The molecule has 0 bridgehead atoms. The number of nitrogens with zero attached hydrogens (tertiary/aromatic N) is 1. The van der Waals surface area contributed by atoms with Crippen LogP contribution < -0.4 is 4.72 Å². The maximum atomic E-state index is 12.3. The van der Waals surface area contributed by atoms with Gasteiger partial charge >= 0.3 is 0 Å². The fourth-order valence-corrected chi connectivity index (χ4v) is 3.81. The molecule has 2 aromatic carbocycles. The molecular weight excluding hydrogens is 344 g/mol. The molecule has 0 aromatic heterocycles. The molecule has 0 aliphatic heterocycles. The molecule has 1 N–H and O–H groups in total. The summed E-state index contributed by atoms with van der Waals surface area (Å²) in [6.45, 7) is 0.286. The van der Waals surface area contributed by atoms with Crippen molar-refractivity contribution in [2.75, 3.05) is 26.4 Å². The van der Waals surface area contributed by atoms with Crippen LogP contribution in [0.1, 0.15) is 17.2 Å². The summed E-state index contributed by atoms with van der Waals surface area (Å²) in [6.07, 6.45) is 0.495. The topological polar surface area (TPSA) is 49.4 Å². The number of aryl methyl sites for hydroxylation is 1.